The second-order valence-corrected chi connectivity index (χ2v) is 3.98. The van der Waals surface area contributed by atoms with Gasteiger partial charge in [-0.1, -0.05) is 42.5 Å². The molecule has 0 radical (unpaired) electrons. The van der Waals surface area contributed by atoms with E-state index in [0.717, 1.165) is 5.56 Å². The van der Waals surface area contributed by atoms with Crippen LogP contribution in [0.2, 0.25) is 0 Å². The van der Waals surface area contributed by atoms with Crippen LogP contribution in [0.25, 0.3) is 12.2 Å². The van der Waals surface area contributed by atoms with Crippen LogP contribution in [-0.2, 0) is 0 Å². The van der Waals surface area contributed by atoms with E-state index < -0.39 is 0 Å². The molecular formula is C15H14N2O2. The van der Waals surface area contributed by atoms with E-state index in [4.69, 9.17) is 0 Å². The third kappa shape index (κ3) is 3.19. The number of H-pyrrole nitrogens is 2. The largest absolute Gasteiger partial charge is 0.316 e. The number of benzene rings is 1. The van der Waals surface area contributed by atoms with Crippen molar-refractivity contribution in [1.82, 2.24) is 9.97 Å². The van der Waals surface area contributed by atoms with Crippen molar-refractivity contribution in [1.29, 1.82) is 0 Å². The van der Waals surface area contributed by atoms with Crippen LogP contribution in [0.1, 0.15) is 12.5 Å². The summed E-state index contributed by atoms with van der Waals surface area (Å²) >= 11 is 0. The van der Waals surface area contributed by atoms with E-state index in [9.17, 15) is 9.59 Å². The Labute approximate surface area is 109 Å². The van der Waals surface area contributed by atoms with E-state index in [0.29, 0.717) is 0 Å². The normalized spacial score (nSPS) is 13.3. The van der Waals surface area contributed by atoms with Gasteiger partial charge in [-0.15, -0.1) is 0 Å². The molecule has 0 atom stereocenters. The first-order chi connectivity index (χ1) is 9.20. The van der Waals surface area contributed by atoms with Crippen molar-refractivity contribution in [2.24, 2.45) is 0 Å². The monoisotopic (exact) mass is 254 g/mol. The molecule has 2 aromatic rings. The molecule has 0 saturated heterocycles. The predicted molar refractivity (Wildman–Crippen MR) is 76.2 cm³/mol. The summed E-state index contributed by atoms with van der Waals surface area (Å²) in [6.45, 7) is 1.83. The minimum absolute atomic E-state index is 0.244. The first-order valence-electron chi connectivity index (χ1n) is 5.93. The zero-order chi connectivity index (χ0) is 13.7. The second kappa shape index (κ2) is 5.82. The highest BCUT2D eigenvalue weighted by molar-refractivity contribution is 5.47. The molecule has 0 aliphatic rings. The minimum Gasteiger partial charge on any atom is -0.316 e. The smallest absolute Gasteiger partial charge is 0.272 e. The van der Waals surface area contributed by atoms with Crippen LogP contribution < -0.4 is 21.8 Å². The minimum atomic E-state index is -0.320. The Morgan fingerprint density at radius 2 is 1.58 bits per heavy atom. The van der Waals surface area contributed by atoms with Gasteiger partial charge in [-0.25, -0.2) is 0 Å². The van der Waals surface area contributed by atoms with Gasteiger partial charge in [0.25, 0.3) is 11.1 Å². The van der Waals surface area contributed by atoms with Gasteiger partial charge < -0.3 is 9.97 Å². The summed E-state index contributed by atoms with van der Waals surface area (Å²) < 4.78 is 0. The molecule has 1 aromatic carbocycles. The molecule has 19 heavy (non-hydrogen) atoms. The zero-order valence-electron chi connectivity index (χ0n) is 10.5. The van der Waals surface area contributed by atoms with Gasteiger partial charge in [0.2, 0.25) is 0 Å². The van der Waals surface area contributed by atoms with Gasteiger partial charge in [-0.2, -0.15) is 0 Å². The molecule has 4 nitrogen and oxygen atoms in total. The van der Waals surface area contributed by atoms with Crippen LogP contribution >= 0.6 is 0 Å². The third-order valence-electron chi connectivity index (χ3n) is 2.55. The first kappa shape index (κ1) is 12.8. The van der Waals surface area contributed by atoms with E-state index >= 15 is 0 Å². The average Bonchev–Trinajstić information content (AvgIpc) is 2.42. The van der Waals surface area contributed by atoms with Crippen molar-refractivity contribution >= 4 is 12.2 Å². The van der Waals surface area contributed by atoms with Gasteiger partial charge >= 0.3 is 0 Å². The maximum absolute atomic E-state index is 11.9. The Morgan fingerprint density at radius 1 is 0.947 bits per heavy atom. The second-order valence-electron chi connectivity index (χ2n) is 3.98. The number of aromatic nitrogens is 2. The van der Waals surface area contributed by atoms with E-state index in [2.05, 4.69) is 9.97 Å². The van der Waals surface area contributed by atoms with Crippen LogP contribution in [0.3, 0.4) is 0 Å². The fraction of sp³-hybridized carbons (Fsp3) is 0.0667. The van der Waals surface area contributed by atoms with Gasteiger partial charge in [-0.3, -0.25) is 9.59 Å². The molecule has 0 aliphatic heterocycles. The molecule has 96 valence electrons. The Hall–Kier alpha value is -2.62. The Morgan fingerprint density at radius 3 is 2.26 bits per heavy atom. The molecule has 0 bridgehead atoms. The molecule has 0 amide bonds. The lowest BCUT2D eigenvalue weighted by Crippen LogP contribution is -2.46. The van der Waals surface area contributed by atoms with Gasteiger partial charge in [0.05, 0.1) is 0 Å². The van der Waals surface area contributed by atoms with E-state index in [1.165, 1.54) is 0 Å². The summed E-state index contributed by atoms with van der Waals surface area (Å²) in [6.07, 6.45) is 6.68. The van der Waals surface area contributed by atoms with Gasteiger partial charge in [-0.05, 0) is 24.6 Å². The van der Waals surface area contributed by atoms with E-state index in [1.807, 2.05) is 37.3 Å². The van der Waals surface area contributed by atoms with E-state index in [1.54, 1.807) is 24.3 Å². The standard InChI is InChI=1S/C15H14N2O2/c1-2-3-9-12-14(18)17-13(15(19)16-12)10-11-7-5-4-6-8-11/h2-10H,1H3,(H,16,19)(H,17,18)/b3-2-,12-9+,13-10-. The topological polar surface area (TPSA) is 65.7 Å². The molecule has 0 spiro atoms. The van der Waals surface area contributed by atoms with Crippen molar-refractivity contribution in [3.8, 4) is 0 Å². The predicted octanol–water partition coefficient (Wildman–Crippen LogP) is 0.249. The molecular weight excluding hydrogens is 240 g/mol. The fourth-order valence-corrected chi connectivity index (χ4v) is 1.62. The number of hydrogen-bond acceptors (Lipinski definition) is 2. The molecule has 2 N–H and O–H groups in total. The van der Waals surface area contributed by atoms with Crippen LogP contribution in [-0.4, -0.2) is 9.97 Å². The summed E-state index contributed by atoms with van der Waals surface area (Å²) in [5.74, 6) is 0. The van der Waals surface area contributed by atoms with Crippen LogP contribution in [0, 0.1) is 0 Å². The van der Waals surface area contributed by atoms with Crippen molar-refractivity contribution in [2.45, 2.75) is 6.92 Å². The maximum Gasteiger partial charge on any atom is 0.272 e. The lowest BCUT2D eigenvalue weighted by Gasteiger charge is -1.92. The lowest BCUT2D eigenvalue weighted by molar-refractivity contribution is 1.00. The molecule has 4 heteroatoms. The number of aromatic amines is 2. The third-order valence-corrected chi connectivity index (χ3v) is 2.55. The maximum atomic E-state index is 11.9. The SMILES string of the molecule is C/C=C\C=c1\[nH]c(=O)/c(=C/c2ccccc2)[nH]c1=O. The Balaban J connectivity index is 2.63. The van der Waals surface area contributed by atoms with Crippen molar-refractivity contribution in [3.63, 3.8) is 0 Å². The average molecular weight is 254 g/mol. The summed E-state index contributed by atoms with van der Waals surface area (Å²) in [6, 6.07) is 9.34. The highest BCUT2D eigenvalue weighted by Crippen LogP contribution is 1.96. The lowest BCUT2D eigenvalue weighted by atomic mass is 10.2. The summed E-state index contributed by atoms with van der Waals surface area (Å²) in [5.41, 5.74) is 0.216. The first-order valence-corrected chi connectivity index (χ1v) is 5.93. The molecule has 0 fully saturated rings. The summed E-state index contributed by atoms with van der Waals surface area (Å²) in [7, 11) is 0. The molecule has 1 aromatic heterocycles. The number of hydrogen-bond donors (Lipinski definition) is 2. The summed E-state index contributed by atoms with van der Waals surface area (Å²) in [4.78, 5) is 28.8. The molecule has 0 saturated carbocycles. The van der Waals surface area contributed by atoms with Crippen LogP contribution in [0.15, 0.2) is 52.1 Å². The van der Waals surface area contributed by atoms with Gasteiger partial charge in [0.1, 0.15) is 10.7 Å². The van der Waals surface area contributed by atoms with Crippen molar-refractivity contribution in [3.05, 3.63) is 79.5 Å². The highest BCUT2D eigenvalue weighted by atomic mass is 16.1. The Kier molecular flexibility index (Phi) is 3.93. The molecule has 0 unspecified atom stereocenters. The van der Waals surface area contributed by atoms with Crippen molar-refractivity contribution < 1.29 is 0 Å². The molecule has 0 aliphatic carbocycles. The summed E-state index contributed by atoms with van der Waals surface area (Å²) in [5, 5.41) is 0.488. The molecule has 1 heterocycles. The van der Waals surface area contributed by atoms with Crippen LogP contribution in [0.5, 0.6) is 0 Å². The van der Waals surface area contributed by atoms with Crippen molar-refractivity contribution in [2.75, 3.05) is 0 Å². The zero-order valence-corrected chi connectivity index (χ0v) is 10.5. The fourth-order valence-electron chi connectivity index (χ4n) is 1.62. The number of rotatable bonds is 2. The van der Waals surface area contributed by atoms with Gasteiger partial charge in [0.15, 0.2) is 0 Å². The quantitative estimate of drug-likeness (QED) is 0.806. The number of nitrogens with one attached hydrogen (secondary N) is 2. The van der Waals surface area contributed by atoms with E-state index in [-0.39, 0.29) is 21.8 Å². The Bertz CT molecular complexity index is 812. The van der Waals surface area contributed by atoms with Crippen LogP contribution in [0.4, 0.5) is 0 Å². The molecule has 2 rings (SSSR count). The van der Waals surface area contributed by atoms with Gasteiger partial charge in [0, 0.05) is 0 Å². The highest BCUT2D eigenvalue weighted by Gasteiger charge is 1.94. The number of allylic oxidation sites excluding steroid dienone is 2.